The standard InChI is InChI=1S/C13H23N3O2/c1-5-13(6-2,9-17)8-14-12(18)11-7-16(4)15-10(11)3/h7,17H,5-6,8-9H2,1-4H3,(H,14,18). The molecule has 0 radical (unpaired) electrons. The molecule has 5 heteroatoms. The van der Waals surface area contributed by atoms with E-state index in [-0.39, 0.29) is 17.9 Å². The summed E-state index contributed by atoms with van der Waals surface area (Å²) >= 11 is 0. The van der Waals surface area contributed by atoms with Crippen LogP contribution in [0.1, 0.15) is 42.7 Å². The van der Waals surface area contributed by atoms with Gasteiger partial charge in [-0.05, 0) is 19.8 Å². The van der Waals surface area contributed by atoms with Gasteiger partial charge in [-0.15, -0.1) is 0 Å². The highest BCUT2D eigenvalue weighted by atomic mass is 16.3. The van der Waals surface area contributed by atoms with E-state index >= 15 is 0 Å². The Morgan fingerprint density at radius 3 is 2.50 bits per heavy atom. The molecule has 0 bridgehead atoms. The first-order chi connectivity index (χ1) is 8.48. The molecule has 0 saturated heterocycles. The molecule has 0 aliphatic rings. The fraction of sp³-hybridized carbons (Fsp3) is 0.692. The van der Waals surface area contributed by atoms with Gasteiger partial charge in [-0.25, -0.2) is 0 Å². The Bertz CT molecular complexity index is 400. The van der Waals surface area contributed by atoms with Crippen LogP contribution in [0.2, 0.25) is 0 Å². The van der Waals surface area contributed by atoms with Gasteiger partial charge in [0, 0.05) is 25.2 Å². The third kappa shape index (κ3) is 3.10. The molecule has 0 aliphatic carbocycles. The van der Waals surface area contributed by atoms with Gasteiger partial charge in [0.25, 0.3) is 5.91 Å². The number of rotatable bonds is 6. The van der Waals surface area contributed by atoms with Crippen molar-refractivity contribution < 1.29 is 9.90 Å². The molecule has 0 saturated carbocycles. The fourth-order valence-corrected chi connectivity index (χ4v) is 1.97. The summed E-state index contributed by atoms with van der Waals surface area (Å²) in [6.07, 6.45) is 3.39. The third-order valence-corrected chi connectivity index (χ3v) is 3.72. The highest BCUT2D eigenvalue weighted by Crippen LogP contribution is 2.24. The Kier molecular flexibility index (Phi) is 4.90. The molecule has 0 spiro atoms. The van der Waals surface area contributed by atoms with Crippen LogP contribution >= 0.6 is 0 Å². The lowest BCUT2D eigenvalue weighted by atomic mass is 9.83. The van der Waals surface area contributed by atoms with Gasteiger partial charge in [0.15, 0.2) is 0 Å². The highest BCUT2D eigenvalue weighted by Gasteiger charge is 2.26. The molecular formula is C13H23N3O2. The number of amides is 1. The third-order valence-electron chi connectivity index (χ3n) is 3.72. The topological polar surface area (TPSA) is 67.2 Å². The van der Waals surface area contributed by atoms with Crippen LogP contribution in [0.3, 0.4) is 0 Å². The van der Waals surface area contributed by atoms with E-state index in [1.54, 1.807) is 17.9 Å². The molecule has 0 atom stereocenters. The van der Waals surface area contributed by atoms with Gasteiger partial charge in [0.05, 0.1) is 17.9 Å². The van der Waals surface area contributed by atoms with Crippen molar-refractivity contribution in [1.29, 1.82) is 0 Å². The van der Waals surface area contributed by atoms with E-state index in [1.807, 2.05) is 20.8 Å². The number of aryl methyl sites for hydroxylation is 2. The van der Waals surface area contributed by atoms with Gasteiger partial charge in [-0.3, -0.25) is 9.48 Å². The molecule has 0 aliphatic heterocycles. The summed E-state index contributed by atoms with van der Waals surface area (Å²) in [5.41, 5.74) is 1.10. The zero-order chi connectivity index (χ0) is 13.8. The van der Waals surface area contributed by atoms with E-state index < -0.39 is 0 Å². The van der Waals surface area contributed by atoms with Crippen LogP contribution < -0.4 is 5.32 Å². The van der Waals surface area contributed by atoms with Gasteiger partial charge in [-0.1, -0.05) is 13.8 Å². The smallest absolute Gasteiger partial charge is 0.254 e. The van der Waals surface area contributed by atoms with Crippen molar-refractivity contribution in [3.8, 4) is 0 Å². The minimum absolute atomic E-state index is 0.0896. The minimum Gasteiger partial charge on any atom is -0.396 e. The van der Waals surface area contributed by atoms with Crippen LogP contribution in [-0.4, -0.2) is 33.9 Å². The van der Waals surface area contributed by atoms with E-state index in [1.165, 1.54) is 0 Å². The van der Waals surface area contributed by atoms with E-state index in [4.69, 9.17) is 0 Å². The lowest BCUT2D eigenvalue weighted by molar-refractivity contribution is 0.0850. The van der Waals surface area contributed by atoms with Crippen LogP contribution in [0.4, 0.5) is 0 Å². The second kappa shape index (κ2) is 6.00. The predicted molar refractivity (Wildman–Crippen MR) is 70.4 cm³/mol. The van der Waals surface area contributed by atoms with Gasteiger partial charge < -0.3 is 10.4 Å². The Labute approximate surface area is 108 Å². The first-order valence-electron chi connectivity index (χ1n) is 6.37. The van der Waals surface area contributed by atoms with Gasteiger partial charge in [0.1, 0.15) is 0 Å². The quantitative estimate of drug-likeness (QED) is 0.802. The molecule has 0 unspecified atom stereocenters. The summed E-state index contributed by atoms with van der Waals surface area (Å²) in [7, 11) is 1.79. The molecule has 1 amide bonds. The average Bonchev–Trinajstić information content (AvgIpc) is 2.70. The maximum Gasteiger partial charge on any atom is 0.254 e. The maximum atomic E-state index is 12.0. The zero-order valence-corrected chi connectivity index (χ0v) is 11.7. The molecule has 1 heterocycles. The number of hydrogen-bond donors (Lipinski definition) is 2. The van der Waals surface area contributed by atoms with Crippen LogP contribution in [0.25, 0.3) is 0 Å². The molecule has 0 fully saturated rings. The van der Waals surface area contributed by atoms with Crippen molar-refractivity contribution in [2.45, 2.75) is 33.6 Å². The van der Waals surface area contributed by atoms with Gasteiger partial charge in [0.2, 0.25) is 0 Å². The molecule has 1 rings (SSSR count). The number of aliphatic hydroxyl groups is 1. The largest absolute Gasteiger partial charge is 0.396 e. The van der Waals surface area contributed by atoms with Crippen molar-refractivity contribution in [3.05, 3.63) is 17.5 Å². The van der Waals surface area contributed by atoms with Crippen molar-refractivity contribution >= 4 is 5.91 Å². The van der Waals surface area contributed by atoms with Crippen LogP contribution in [0, 0.1) is 12.3 Å². The van der Waals surface area contributed by atoms with Crippen LogP contribution in [0.15, 0.2) is 6.20 Å². The molecule has 1 aromatic rings. The Morgan fingerprint density at radius 1 is 1.50 bits per heavy atom. The van der Waals surface area contributed by atoms with E-state index in [0.717, 1.165) is 18.5 Å². The molecule has 5 nitrogen and oxygen atoms in total. The zero-order valence-electron chi connectivity index (χ0n) is 11.7. The summed E-state index contributed by atoms with van der Waals surface area (Å²) in [6.45, 7) is 6.45. The first kappa shape index (κ1) is 14.7. The molecule has 2 N–H and O–H groups in total. The van der Waals surface area contributed by atoms with Crippen LogP contribution in [0.5, 0.6) is 0 Å². The summed E-state index contributed by atoms with van der Waals surface area (Å²) in [5.74, 6) is -0.125. The summed E-state index contributed by atoms with van der Waals surface area (Å²) in [5, 5.41) is 16.5. The number of hydrogen-bond acceptors (Lipinski definition) is 3. The molecule has 18 heavy (non-hydrogen) atoms. The van der Waals surface area contributed by atoms with Crippen molar-refractivity contribution in [2.24, 2.45) is 12.5 Å². The lowest BCUT2D eigenvalue weighted by Crippen LogP contribution is -2.39. The molecule has 0 aromatic carbocycles. The lowest BCUT2D eigenvalue weighted by Gasteiger charge is -2.29. The van der Waals surface area contributed by atoms with E-state index in [9.17, 15) is 9.90 Å². The van der Waals surface area contributed by atoms with E-state index in [2.05, 4.69) is 10.4 Å². The van der Waals surface area contributed by atoms with E-state index in [0.29, 0.717) is 12.1 Å². The monoisotopic (exact) mass is 253 g/mol. The minimum atomic E-state index is -0.216. The number of nitrogens with zero attached hydrogens (tertiary/aromatic N) is 2. The normalized spacial score (nSPS) is 11.6. The Morgan fingerprint density at radius 2 is 2.11 bits per heavy atom. The number of carbonyl (C=O) groups is 1. The predicted octanol–water partition coefficient (Wildman–Crippen LogP) is 1.26. The van der Waals surface area contributed by atoms with Crippen LogP contribution in [-0.2, 0) is 7.05 Å². The van der Waals surface area contributed by atoms with Crippen molar-refractivity contribution in [2.75, 3.05) is 13.2 Å². The second-order valence-electron chi connectivity index (χ2n) is 4.85. The Balaban J connectivity index is 2.69. The molecule has 1 aromatic heterocycles. The van der Waals surface area contributed by atoms with Crippen molar-refractivity contribution in [1.82, 2.24) is 15.1 Å². The summed E-state index contributed by atoms with van der Waals surface area (Å²) in [6, 6.07) is 0. The van der Waals surface area contributed by atoms with Crippen molar-refractivity contribution in [3.63, 3.8) is 0 Å². The fourth-order valence-electron chi connectivity index (χ4n) is 1.97. The van der Waals surface area contributed by atoms with Gasteiger partial charge in [-0.2, -0.15) is 5.10 Å². The number of aromatic nitrogens is 2. The number of aliphatic hydroxyl groups excluding tert-OH is 1. The number of carbonyl (C=O) groups excluding carboxylic acids is 1. The highest BCUT2D eigenvalue weighted by molar-refractivity contribution is 5.95. The SMILES string of the molecule is CCC(CC)(CO)CNC(=O)c1cn(C)nc1C. The summed E-state index contributed by atoms with van der Waals surface area (Å²) in [4.78, 5) is 12.0. The summed E-state index contributed by atoms with van der Waals surface area (Å²) < 4.78 is 1.63. The average molecular weight is 253 g/mol. The Hall–Kier alpha value is -1.36. The second-order valence-corrected chi connectivity index (χ2v) is 4.85. The van der Waals surface area contributed by atoms with Gasteiger partial charge >= 0.3 is 0 Å². The first-order valence-corrected chi connectivity index (χ1v) is 6.37. The molecule has 102 valence electrons. The maximum absolute atomic E-state index is 12.0. The number of nitrogens with one attached hydrogen (secondary N) is 1. The molecular weight excluding hydrogens is 230 g/mol.